The van der Waals surface area contributed by atoms with Crippen LogP contribution in [0.15, 0.2) is 12.1 Å². The summed E-state index contributed by atoms with van der Waals surface area (Å²) in [6.07, 6.45) is 1.01. The van der Waals surface area contributed by atoms with Crippen LogP contribution in [-0.4, -0.2) is 28.9 Å². The van der Waals surface area contributed by atoms with Gasteiger partial charge in [0.1, 0.15) is 10.3 Å². The first-order valence-electron chi connectivity index (χ1n) is 5.50. The minimum Gasteiger partial charge on any atom is -0.338 e. The van der Waals surface area contributed by atoms with Gasteiger partial charge in [0.25, 0.3) is 5.91 Å². The predicted octanol–water partition coefficient (Wildman–Crippen LogP) is 3.26. The Balaban J connectivity index is 2.21. The van der Waals surface area contributed by atoms with Gasteiger partial charge in [0.05, 0.1) is 5.56 Å². The van der Waals surface area contributed by atoms with Gasteiger partial charge in [0, 0.05) is 13.1 Å². The number of hydrogen-bond acceptors (Lipinski definition) is 2. The zero-order valence-corrected chi connectivity index (χ0v) is 11.3. The zero-order valence-electron chi connectivity index (χ0n) is 9.83. The number of likely N-dealkylation sites (tertiary alicyclic amines) is 1. The minimum absolute atomic E-state index is 0.0651. The molecule has 0 unspecified atom stereocenters. The van der Waals surface area contributed by atoms with Crippen LogP contribution in [0, 0.1) is 5.41 Å². The molecule has 5 heteroatoms. The van der Waals surface area contributed by atoms with Crippen molar-refractivity contribution in [3.8, 4) is 0 Å². The Morgan fingerprint density at radius 1 is 1.41 bits per heavy atom. The highest BCUT2D eigenvalue weighted by atomic mass is 35.5. The van der Waals surface area contributed by atoms with Crippen LogP contribution < -0.4 is 0 Å². The average molecular weight is 273 g/mol. The second kappa shape index (κ2) is 4.46. The maximum Gasteiger partial charge on any atom is 0.257 e. The molecule has 0 spiro atoms. The molecule has 0 bridgehead atoms. The van der Waals surface area contributed by atoms with Crippen molar-refractivity contribution in [2.45, 2.75) is 20.3 Å². The number of nitrogens with zero attached hydrogens (tertiary/aromatic N) is 2. The van der Waals surface area contributed by atoms with Crippen LogP contribution in [0.2, 0.25) is 10.3 Å². The molecule has 0 aromatic carbocycles. The molecule has 0 atom stereocenters. The lowest BCUT2D eigenvalue weighted by Gasteiger charge is -2.20. The van der Waals surface area contributed by atoms with Gasteiger partial charge in [-0.2, -0.15) is 0 Å². The Morgan fingerprint density at radius 2 is 2.12 bits per heavy atom. The SMILES string of the molecule is CC1(C)CCN(C(=O)c2ccc(Cl)nc2Cl)C1. The molecule has 0 N–H and O–H groups in total. The van der Waals surface area contributed by atoms with E-state index in [9.17, 15) is 4.79 Å². The number of hydrogen-bond donors (Lipinski definition) is 0. The molecule has 1 fully saturated rings. The summed E-state index contributed by atoms with van der Waals surface area (Å²) in [6.45, 7) is 5.83. The van der Waals surface area contributed by atoms with Gasteiger partial charge in [0.2, 0.25) is 0 Å². The highest BCUT2D eigenvalue weighted by Gasteiger charge is 2.33. The van der Waals surface area contributed by atoms with Crippen molar-refractivity contribution in [2.75, 3.05) is 13.1 Å². The Morgan fingerprint density at radius 3 is 2.65 bits per heavy atom. The van der Waals surface area contributed by atoms with Gasteiger partial charge < -0.3 is 4.90 Å². The molecule has 3 nitrogen and oxygen atoms in total. The molecular weight excluding hydrogens is 259 g/mol. The van der Waals surface area contributed by atoms with Crippen molar-refractivity contribution in [3.63, 3.8) is 0 Å². The van der Waals surface area contributed by atoms with E-state index in [1.807, 2.05) is 4.90 Å². The Hall–Kier alpha value is -0.800. The van der Waals surface area contributed by atoms with Gasteiger partial charge in [-0.25, -0.2) is 4.98 Å². The fourth-order valence-electron chi connectivity index (χ4n) is 2.03. The number of carbonyl (C=O) groups excluding carboxylic acids is 1. The molecule has 1 aromatic heterocycles. The average Bonchev–Trinajstić information content (AvgIpc) is 2.58. The predicted molar refractivity (Wildman–Crippen MR) is 68.6 cm³/mol. The van der Waals surface area contributed by atoms with Gasteiger partial charge in [-0.3, -0.25) is 4.79 Å². The summed E-state index contributed by atoms with van der Waals surface area (Å²) >= 11 is 11.6. The van der Waals surface area contributed by atoms with Crippen LogP contribution in [0.1, 0.15) is 30.6 Å². The summed E-state index contributed by atoms with van der Waals surface area (Å²) in [5.41, 5.74) is 0.607. The van der Waals surface area contributed by atoms with Crippen molar-refractivity contribution < 1.29 is 4.79 Å². The summed E-state index contributed by atoms with van der Waals surface area (Å²) < 4.78 is 0. The van der Waals surface area contributed by atoms with E-state index in [1.165, 1.54) is 0 Å². The topological polar surface area (TPSA) is 33.2 Å². The molecule has 1 aliphatic heterocycles. The Bertz CT molecular complexity index is 460. The van der Waals surface area contributed by atoms with Crippen molar-refractivity contribution in [1.29, 1.82) is 0 Å². The zero-order chi connectivity index (χ0) is 12.6. The van der Waals surface area contributed by atoms with Crippen molar-refractivity contribution in [2.24, 2.45) is 5.41 Å². The molecule has 0 radical (unpaired) electrons. The van der Waals surface area contributed by atoms with Crippen molar-refractivity contribution in [1.82, 2.24) is 9.88 Å². The highest BCUT2D eigenvalue weighted by Crippen LogP contribution is 2.30. The second-order valence-corrected chi connectivity index (χ2v) is 5.86. The maximum atomic E-state index is 12.2. The van der Waals surface area contributed by atoms with E-state index in [2.05, 4.69) is 18.8 Å². The second-order valence-electron chi connectivity index (χ2n) is 5.11. The first-order valence-corrected chi connectivity index (χ1v) is 6.26. The third kappa shape index (κ3) is 2.72. The van der Waals surface area contributed by atoms with E-state index in [0.717, 1.165) is 19.5 Å². The molecule has 2 rings (SSSR count). The first-order chi connectivity index (χ1) is 7.89. The fraction of sp³-hybridized carbons (Fsp3) is 0.500. The lowest BCUT2D eigenvalue weighted by molar-refractivity contribution is 0.0778. The van der Waals surface area contributed by atoms with Crippen LogP contribution in [-0.2, 0) is 0 Å². The highest BCUT2D eigenvalue weighted by molar-refractivity contribution is 6.34. The molecule has 17 heavy (non-hydrogen) atoms. The molecule has 2 heterocycles. The van der Waals surface area contributed by atoms with E-state index < -0.39 is 0 Å². The Labute approximate surface area is 111 Å². The summed E-state index contributed by atoms with van der Waals surface area (Å²) in [5, 5.41) is 0.473. The molecule has 1 aliphatic rings. The van der Waals surface area contributed by atoms with Gasteiger partial charge in [-0.05, 0) is 24.0 Å². The van der Waals surface area contributed by atoms with Crippen LogP contribution >= 0.6 is 23.2 Å². The lowest BCUT2D eigenvalue weighted by Crippen LogP contribution is -2.30. The number of pyridine rings is 1. The molecule has 1 saturated heterocycles. The van der Waals surface area contributed by atoms with E-state index in [4.69, 9.17) is 23.2 Å². The van der Waals surface area contributed by atoms with E-state index >= 15 is 0 Å². The molecular formula is C12H14Cl2N2O. The quantitative estimate of drug-likeness (QED) is 0.736. The molecule has 0 aliphatic carbocycles. The minimum atomic E-state index is -0.0651. The summed E-state index contributed by atoms with van der Waals surface area (Å²) in [5.74, 6) is -0.0651. The van der Waals surface area contributed by atoms with Crippen LogP contribution in [0.5, 0.6) is 0 Å². The smallest absolute Gasteiger partial charge is 0.257 e. The Kier molecular flexibility index (Phi) is 3.32. The molecule has 92 valence electrons. The fourth-order valence-corrected chi connectivity index (χ4v) is 2.45. The van der Waals surface area contributed by atoms with Gasteiger partial charge in [-0.15, -0.1) is 0 Å². The number of aromatic nitrogens is 1. The lowest BCUT2D eigenvalue weighted by atomic mass is 9.93. The van der Waals surface area contributed by atoms with Gasteiger partial charge in [-0.1, -0.05) is 37.0 Å². The third-order valence-corrected chi connectivity index (χ3v) is 3.51. The standard InChI is InChI=1S/C12H14Cl2N2O/c1-12(2)5-6-16(7-12)11(17)8-3-4-9(13)15-10(8)14/h3-4H,5-7H2,1-2H3. The number of rotatable bonds is 1. The summed E-state index contributed by atoms with van der Waals surface area (Å²) in [7, 11) is 0. The maximum absolute atomic E-state index is 12.2. The third-order valence-electron chi connectivity index (χ3n) is 3.01. The summed E-state index contributed by atoms with van der Waals surface area (Å²) in [4.78, 5) is 17.9. The molecule has 1 aromatic rings. The van der Waals surface area contributed by atoms with Gasteiger partial charge >= 0.3 is 0 Å². The number of carbonyl (C=O) groups is 1. The number of amides is 1. The monoisotopic (exact) mass is 272 g/mol. The van der Waals surface area contributed by atoms with E-state index in [0.29, 0.717) is 10.7 Å². The number of halogens is 2. The van der Waals surface area contributed by atoms with E-state index in [-0.39, 0.29) is 16.5 Å². The van der Waals surface area contributed by atoms with Crippen molar-refractivity contribution in [3.05, 3.63) is 28.0 Å². The largest absolute Gasteiger partial charge is 0.338 e. The first kappa shape index (κ1) is 12.7. The van der Waals surface area contributed by atoms with Crippen molar-refractivity contribution >= 4 is 29.1 Å². The normalized spacial score (nSPS) is 18.5. The summed E-state index contributed by atoms with van der Waals surface area (Å²) in [6, 6.07) is 3.22. The molecule has 0 saturated carbocycles. The van der Waals surface area contributed by atoms with Crippen LogP contribution in [0.3, 0.4) is 0 Å². The van der Waals surface area contributed by atoms with Gasteiger partial charge in [0.15, 0.2) is 0 Å². The van der Waals surface area contributed by atoms with Crippen LogP contribution in [0.4, 0.5) is 0 Å². The van der Waals surface area contributed by atoms with Crippen LogP contribution in [0.25, 0.3) is 0 Å². The molecule has 1 amide bonds. The van der Waals surface area contributed by atoms with E-state index in [1.54, 1.807) is 12.1 Å².